The maximum atomic E-state index is 12.0. The lowest BCUT2D eigenvalue weighted by atomic mass is 10.2. The Labute approximate surface area is 163 Å². The van der Waals surface area contributed by atoms with E-state index in [2.05, 4.69) is 15.4 Å². The van der Waals surface area contributed by atoms with Gasteiger partial charge in [0, 0.05) is 18.0 Å². The molecule has 150 valence electrons. The molecule has 0 aliphatic carbocycles. The summed E-state index contributed by atoms with van der Waals surface area (Å²) in [6, 6.07) is 13.5. The normalized spacial score (nSPS) is 10.9. The molecule has 6 nitrogen and oxygen atoms in total. The van der Waals surface area contributed by atoms with E-state index in [4.69, 9.17) is 16.3 Å². The highest BCUT2D eigenvalue weighted by atomic mass is 35.5. The zero-order chi connectivity index (χ0) is 20.6. The summed E-state index contributed by atoms with van der Waals surface area (Å²) in [6.07, 6.45) is -6.07. The van der Waals surface area contributed by atoms with Gasteiger partial charge in [0.15, 0.2) is 12.4 Å². The van der Waals surface area contributed by atoms with Gasteiger partial charge in [-0.3, -0.25) is 4.79 Å². The number of hydrogen-bond donors (Lipinski definition) is 2. The van der Waals surface area contributed by atoms with Crippen molar-refractivity contribution in [2.24, 2.45) is 0 Å². The maximum absolute atomic E-state index is 12.0. The first-order chi connectivity index (χ1) is 13.2. The third kappa shape index (κ3) is 7.75. The monoisotopic (exact) mass is 416 g/mol. The summed E-state index contributed by atoms with van der Waals surface area (Å²) < 4.78 is 45.5. The Bertz CT molecular complexity index is 816. The lowest BCUT2D eigenvalue weighted by Gasteiger charge is -2.13. The average Bonchev–Trinajstić information content (AvgIpc) is 2.62. The lowest BCUT2D eigenvalue weighted by Crippen LogP contribution is -2.31. The molecule has 10 heteroatoms. The van der Waals surface area contributed by atoms with Crippen LogP contribution in [0.15, 0.2) is 48.5 Å². The first kappa shape index (κ1) is 21.4. The molecule has 0 saturated heterocycles. The predicted octanol–water partition coefficient (Wildman–Crippen LogP) is 4.75. The number of para-hydroxylation sites is 1. The van der Waals surface area contributed by atoms with Crippen LogP contribution in [-0.2, 0) is 9.53 Å². The fourth-order valence-corrected chi connectivity index (χ4v) is 2.17. The second-order valence-electron chi connectivity index (χ2n) is 5.47. The van der Waals surface area contributed by atoms with E-state index < -0.39 is 24.8 Å². The quantitative estimate of drug-likeness (QED) is 0.683. The van der Waals surface area contributed by atoms with Crippen LogP contribution < -0.4 is 15.4 Å². The van der Waals surface area contributed by atoms with Gasteiger partial charge in [0.1, 0.15) is 5.75 Å². The first-order valence-corrected chi connectivity index (χ1v) is 8.40. The Morgan fingerprint density at radius 1 is 1.07 bits per heavy atom. The van der Waals surface area contributed by atoms with Crippen LogP contribution >= 0.6 is 11.6 Å². The van der Waals surface area contributed by atoms with E-state index in [-0.39, 0.29) is 13.0 Å². The average molecular weight is 417 g/mol. The van der Waals surface area contributed by atoms with Gasteiger partial charge in [0.25, 0.3) is 0 Å². The molecule has 0 saturated carbocycles. The van der Waals surface area contributed by atoms with Gasteiger partial charge in [-0.2, -0.15) is 13.2 Å². The van der Waals surface area contributed by atoms with Crippen LogP contribution in [-0.4, -0.2) is 31.3 Å². The van der Waals surface area contributed by atoms with Crippen LogP contribution in [0.5, 0.6) is 11.5 Å². The first-order valence-electron chi connectivity index (χ1n) is 8.02. The Morgan fingerprint density at radius 3 is 2.46 bits per heavy atom. The second-order valence-corrected chi connectivity index (χ2v) is 5.91. The summed E-state index contributed by atoms with van der Waals surface area (Å²) in [4.78, 5) is 23.2. The molecule has 2 rings (SSSR count). The summed E-state index contributed by atoms with van der Waals surface area (Å²) in [5.41, 5.74) is 0.306. The number of anilines is 1. The standard InChI is InChI=1S/C18H16ClF3N2O4/c19-12-6-7-15(28-13-4-2-1-3-5-13)14(10-12)24-16(25)8-9-23-17(26)27-11-18(20,21)22/h1-7,10H,8-9,11H2,(H,23,26)(H,24,25). The largest absolute Gasteiger partial charge is 0.455 e. The number of nitrogens with one attached hydrogen (secondary N) is 2. The Morgan fingerprint density at radius 2 is 1.79 bits per heavy atom. The third-order valence-corrected chi connectivity index (χ3v) is 3.41. The van der Waals surface area contributed by atoms with Crippen LogP contribution in [0.3, 0.4) is 0 Å². The topological polar surface area (TPSA) is 76.7 Å². The van der Waals surface area contributed by atoms with Gasteiger partial charge in [0.05, 0.1) is 5.69 Å². The molecule has 0 fully saturated rings. The van der Waals surface area contributed by atoms with Gasteiger partial charge >= 0.3 is 12.3 Å². The third-order valence-electron chi connectivity index (χ3n) is 3.18. The van der Waals surface area contributed by atoms with E-state index in [0.29, 0.717) is 22.2 Å². The minimum absolute atomic E-state index is 0.196. The molecule has 0 aliphatic rings. The zero-order valence-electron chi connectivity index (χ0n) is 14.4. The molecule has 2 aromatic rings. The molecule has 0 atom stereocenters. The smallest absolute Gasteiger partial charge is 0.422 e. The van der Waals surface area contributed by atoms with Gasteiger partial charge in [-0.15, -0.1) is 0 Å². The van der Waals surface area contributed by atoms with E-state index in [1.54, 1.807) is 36.4 Å². The number of benzene rings is 2. The van der Waals surface area contributed by atoms with Crippen molar-refractivity contribution in [3.8, 4) is 11.5 Å². The Kier molecular flexibility index (Phi) is 7.51. The van der Waals surface area contributed by atoms with Crippen LogP contribution in [0.1, 0.15) is 6.42 Å². The number of amides is 2. The molecule has 0 radical (unpaired) electrons. The van der Waals surface area contributed by atoms with Crippen molar-refractivity contribution in [1.29, 1.82) is 0 Å². The molecule has 0 bridgehead atoms. The van der Waals surface area contributed by atoms with Gasteiger partial charge < -0.3 is 20.1 Å². The molecule has 0 aliphatic heterocycles. The van der Waals surface area contributed by atoms with Crippen molar-refractivity contribution in [3.63, 3.8) is 0 Å². The van der Waals surface area contributed by atoms with Gasteiger partial charge in [-0.05, 0) is 30.3 Å². The van der Waals surface area contributed by atoms with E-state index in [0.717, 1.165) is 0 Å². The molecule has 0 aromatic heterocycles. The number of hydrogen-bond acceptors (Lipinski definition) is 4. The molecule has 2 aromatic carbocycles. The number of ether oxygens (including phenoxy) is 2. The van der Waals surface area contributed by atoms with Crippen LogP contribution in [0.4, 0.5) is 23.7 Å². The van der Waals surface area contributed by atoms with Crippen molar-refractivity contribution in [3.05, 3.63) is 53.6 Å². The molecule has 0 spiro atoms. The van der Waals surface area contributed by atoms with Crippen molar-refractivity contribution < 1.29 is 32.2 Å². The maximum Gasteiger partial charge on any atom is 0.422 e. The minimum atomic E-state index is -4.61. The van der Waals surface area contributed by atoms with E-state index in [9.17, 15) is 22.8 Å². The molecule has 0 unspecified atom stereocenters. The van der Waals surface area contributed by atoms with Crippen molar-refractivity contribution in [1.82, 2.24) is 5.32 Å². The zero-order valence-corrected chi connectivity index (χ0v) is 15.1. The highest BCUT2D eigenvalue weighted by molar-refractivity contribution is 6.31. The van der Waals surface area contributed by atoms with Crippen molar-refractivity contribution in [2.75, 3.05) is 18.5 Å². The van der Waals surface area contributed by atoms with Crippen molar-refractivity contribution in [2.45, 2.75) is 12.6 Å². The van der Waals surface area contributed by atoms with Crippen LogP contribution in [0.25, 0.3) is 0 Å². The highest BCUT2D eigenvalue weighted by Crippen LogP contribution is 2.32. The molecular formula is C18H16ClF3N2O4. The summed E-state index contributed by atoms with van der Waals surface area (Å²) in [6.45, 7) is -1.91. The molecule has 2 N–H and O–H groups in total. The SMILES string of the molecule is O=C(CCNC(=O)OCC(F)(F)F)Nc1cc(Cl)ccc1Oc1ccccc1. The fourth-order valence-electron chi connectivity index (χ4n) is 1.99. The lowest BCUT2D eigenvalue weighted by molar-refractivity contribution is -0.160. The summed E-state index contributed by atoms with van der Waals surface area (Å²) in [5, 5.41) is 5.00. The fraction of sp³-hybridized carbons (Fsp3) is 0.222. The molecular weight excluding hydrogens is 401 g/mol. The van der Waals surface area contributed by atoms with Crippen molar-refractivity contribution >= 4 is 29.3 Å². The number of halogens is 4. The highest BCUT2D eigenvalue weighted by Gasteiger charge is 2.29. The second kappa shape index (κ2) is 9.84. The van der Waals surface area contributed by atoms with Gasteiger partial charge in [-0.1, -0.05) is 29.8 Å². The predicted molar refractivity (Wildman–Crippen MR) is 96.6 cm³/mol. The summed E-state index contributed by atoms with van der Waals surface area (Å²) in [7, 11) is 0. The number of carbonyl (C=O) groups excluding carboxylic acids is 2. The molecule has 0 heterocycles. The summed E-state index contributed by atoms with van der Waals surface area (Å²) in [5.74, 6) is 0.396. The van der Waals surface area contributed by atoms with E-state index in [1.807, 2.05) is 6.07 Å². The molecule has 2 amide bonds. The Hall–Kier alpha value is -2.94. The number of carbonyl (C=O) groups is 2. The van der Waals surface area contributed by atoms with Gasteiger partial charge in [-0.25, -0.2) is 4.79 Å². The Balaban J connectivity index is 1.87. The number of alkyl halides is 3. The summed E-state index contributed by atoms with van der Waals surface area (Å²) >= 11 is 5.95. The van der Waals surface area contributed by atoms with Crippen LogP contribution in [0, 0.1) is 0 Å². The number of alkyl carbamates (subject to hydrolysis) is 1. The van der Waals surface area contributed by atoms with Gasteiger partial charge in [0.2, 0.25) is 5.91 Å². The number of rotatable bonds is 7. The minimum Gasteiger partial charge on any atom is -0.455 e. The molecule has 28 heavy (non-hydrogen) atoms. The van der Waals surface area contributed by atoms with E-state index in [1.165, 1.54) is 6.07 Å². The van der Waals surface area contributed by atoms with Crippen LogP contribution in [0.2, 0.25) is 5.02 Å². The van der Waals surface area contributed by atoms with E-state index >= 15 is 0 Å².